The highest BCUT2D eigenvalue weighted by atomic mass is 32.2. The maximum Gasteiger partial charge on any atom is 0.416 e. The number of hydrogen-bond acceptors (Lipinski definition) is 3. The van der Waals surface area contributed by atoms with Crippen molar-refractivity contribution in [3.05, 3.63) is 88.7 Å². The third kappa shape index (κ3) is 4.12. The maximum absolute atomic E-state index is 14.5. The molecule has 4 nitrogen and oxygen atoms in total. The van der Waals surface area contributed by atoms with E-state index in [-0.39, 0.29) is 34.7 Å². The Hall–Kier alpha value is -3.20. The summed E-state index contributed by atoms with van der Waals surface area (Å²) in [5.74, 6) is -1.19. The van der Waals surface area contributed by atoms with Gasteiger partial charge in [-0.3, -0.25) is 4.79 Å². The molecular formula is C23H17F4NO3S. The summed E-state index contributed by atoms with van der Waals surface area (Å²) in [5, 5.41) is 0. The van der Waals surface area contributed by atoms with Crippen molar-refractivity contribution < 1.29 is 30.8 Å². The van der Waals surface area contributed by atoms with Crippen molar-refractivity contribution in [1.82, 2.24) is 4.90 Å². The first-order valence-electron chi connectivity index (χ1n) is 9.52. The fourth-order valence-electron chi connectivity index (χ4n) is 3.73. The molecule has 166 valence electrons. The molecule has 0 N–H and O–H groups in total. The van der Waals surface area contributed by atoms with Gasteiger partial charge >= 0.3 is 6.18 Å². The zero-order chi connectivity index (χ0) is 23.3. The van der Waals surface area contributed by atoms with Crippen LogP contribution >= 0.6 is 0 Å². The molecule has 0 saturated carbocycles. The van der Waals surface area contributed by atoms with Gasteiger partial charge in [-0.05, 0) is 47.0 Å². The average molecular weight is 463 g/mol. The molecule has 32 heavy (non-hydrogen) atoms. The number of alkyl halides is 3. The van der Waals surface area contributed by atoms with Gasteiger partial charge in [-0.25, -0.2) is 12.8 Å². The monoisotopic (exact) mass is 463 g/mol. The Bertz CT molecular complexity index is 1330. The molecule has 3 aromatic carbocycles. The van der Waals surface area contributed by atoms with Crippen molar-refractivity contribution in [1.29, 1.82) is 0 Å². The number of sulfone groups is 1. The van der Waals surface area contributed by atoms with Crippen molar-refractivity contribution in [2.45, 2.75) is 24.2 Å². The summed E-state index contributed by atoms with van der Waals surface area (Å²) in [6.07, 6.45) is -3.52. The van der Waals surface area contributed by atoms with E-state index in [1.807, 2.05) is 0 Å². The van der Waals surface area contributed by atoms with Gasteiger partial charge in [-0.2, -0.15) is 13.2 Å². The van der Waals surface area contributed by atoms with Gasteiger partial charge in [0.05, 0.1) is 10.5 Å². The molecule has 0 unspecified atom stereocenters. The number of amides is 1. The summed E-state index contributed by atoms with van der Waals surface area (Å²) in [6.45, 7) is -0.00990. The minimum atomic E-state index is -4.51. The lowest BCUT2D eigenvalue weighted by atomic mass is 9.98. The van der Waals surface area contributed by atoms with Crippen LogP contribution in [-0.2, 0) is 29.1 Å². The number of halogens is 4. The topological polar surface area (TPSA) is 54.5 Å². The second-order valence-corrected chi connectivity index (χ2v) is 9.62. The van der Waals surface area contributed by atoms with Crippen LogP contribution in [-0.4, -0.2) is 25.5 Å². The number of benzene rings is 3. The number of carbonyl (C=O) groups is 1. The van der Waals surface area contributed by atoms with Crippen LogP contribution in [0, 0.1) is 5.82 Å². The summed E-state index contributed by atoms with van der Waals surface area (Å²) < 4.78 is 77.7. The van der Waals surface area contributed by atoms with E-state index in [1.54, 1.807) is 6.07 Å². The fourth-order valence-corrected chi connectivity index (χ4v) is 4.38. The van der Waals surface area contributed by atoms with Crippen molar-refractivity contribution in [2.24, 2.45) is 0 Å². The highest BCUT2D eigenvalue weighted by Crippen LogP contribution is 2.35. The standard InChI is InChI=1S/C23H17F4NO3S/c1-32(30,31)17-8-9-18(19-4-2-3-5-21(19)24)20(11-17)22(29)28-12-14-6-7-16(23(25,26)27)10-15(14)13-28/h2-11H,12-13H2,1H3. The third-order valence-corrected chi connectivity index (χ3v) is 6.47. The highest BCUT2D eigenvalue weighted by Gasteiger charge is 2.33. The summed E-state index contributed by atoms with van der Waals surface area (Å²) in [4.78, 5) is 14.6. The van der Waals surface area contributed by atoms with E-state index >= 15 is 0 Å². The molecule has 0 atom stereocenters. The van der Waals surface area contributed by atoms with E-state index in [1.165, 1.54) is 47.4 Å². The van der Waals surface area contributed by atoms with Gasteiger partial charge in [-0.1, -0.05) is 30.3 Å². The molecule has 0 fully saturated rings. The van der Waals surface area contributed by atoms with Crippen LogP contribution < -0.4 is 0 Å². The maximum atomic E-state index is 14.5. The van der Waals surface area contributed by atoms with E-state index in [9.17, 15) is 30.8 Å². The van der Waals surface area contributed by atoms with Gasteiger partial charge in [0.25, 0.3) is 5.91 Å². The SMILES string of the molecule is CS(=O)(=O)c1ccc(-c2ccccc2F)c(C(=O)N2Cc3ccc(C(F)(F)F)cc3C2)c1. The number of nitrogens with zero attached hydrogens (tertiary/aromatic N) is 1. The highest BCUT2D eigenvalue weighted by molar-refractivity contribution is 7.90. The molecule has 0 radical (unpaired) electrons. The molecule has 1 aliphatic heterocycles. The summed E-state index contributed by atoms with van der Waals surface area (Å²) in [5.41, 5.74) is 0.399. The van der Waals surface area contributed by atoms with Gasteiger partial charge in [0, 0.05) is 30.5 Å². The molecule has 0 aliphatic carbocycles. The predicted molar refractivity (Wildman–Crippen MR) is 110 cm³/mol. The molecular weight excluding hydrogens is 446 g/mol. The summed E-state index contributed by atoms with van der Waals surface area (Å²) >= 11 is 0. The van der Waals surface area contributed by atoms with E-state index < -0.39 is 33.3 Å². The van der Waals surface area contributed by atoms with Crippen molar-refractivity contribution in [3.63, 3.8) is 0 Å². The number of hydrogen-bond donors (Lipinski definition) is 0. The largest absolute Gasteiger partial charge is 0.416 e. The summed E-state index contributed by atoms with van der Waals surface area (Å²) in [7, 11) is -3.66. The van der Waals surface area contributed by atoms with Gasteiger partial charge in [0.1, 0.15) is 5.82 Å². The van der Waals surface area contributed by atoms with E-state index in [0.29, 0.717) is 11.1 Å². The quantitative estimate of drug-likeness (QED) is 0.510. The second kappa shape index (κ2) is 7.74. The number of fused-ring (bicyclic) bond motifs is 1. The first-order valence-corrected chi connectivity index (χ1v) is 11.4. The fraction of sp³-hybridized carbons (Fsp3) is 0.174. The Morgan fingerprint density at radius 1 is 0.906 bits per heavy atom. The van der Waals surface area contributed by atoms with Gasteiger partial charge in [0.15, 0.2) is 9.84 Å². The van der Waals surface area contributed by atoms with Gasteiger partial charge < -0.3 is 4.90 Å². The number of rotatable bonds is 3. The van der Waals surface area contributed by atoms with Crippen molar-refractivity contribution >= 4 is 15.7 Å². The smallest absolute Gasteiger partial charge is 0.330 e. The van der Waals surface area contributed by atoms with Gasteiger partial charge in [0.2, 0.25) is 0 Å². The van der Waals surface area contributed by atoms with Crippen LogP contribution in [0.1, 0.15) is 27.0 Å². The Labute approximate surface area is 182 Å². The Morgan fingerprint density at radius 2 is 1.59 bits per heavy atom. The van der Waals surface area contributed by atoms with Crippen molar-refractivity contribution in [3.8, 4) is 11.1 Å². The molecule has 1 heterocycles. The zero-order valence-corrected chi connectivity index (χ0v) is 17.6. The molecule has 4 rings (SSSR count). The van der Waals surface area contributed by atoms with Crippen LogP contribution in [0.15, 0.2) is 65.6 Å². The second-order valence-electron chi connectivity index (χ2n) is 7.60. The first-order chi connectivity index (χ1) is 14.9. The minimum absolute atomic E-state index is 0.0399. The van der Waals surface area contributed by atoms with E-state index in [2.05, 4.69) is 0 Å². The molecule has 9 heteroatoms. The van der Waals surface area contributed by atoms with Crippen LogP contribution in [0.4, 0.5) is 17.6 Å². The third-order valence-electron chi connectivity index (χ3n) is 5.36. The molecule has 3 aromatic rings. The predicted octanol–water partition coefficient (Wildman–Crippen LogP) is 5.07. The molecule has 0 spiro atoms. The molecule has 1 aliphatic rings. The Morgan fingerprint density at radius 3 is 2.25 bits per heavy atom. The normalized spacial score (nSPS) is 13.8. The van der Waals surface area contributed by atoms with Crippen LogP contribution in [0.3, 0.4) is 0 Å². The van der Waals surface area contributed by atoms with Crippen LogP contribution in [0.25, 0.3) is 11.1 Å². The Kier molecular flexibility index (Phi) is 5.32. The molecule has 0 aromatic heterocycles. The molecule has 1 amide bonds. The molecule has 0 saturated heterocycles. The lowest BCUT2D eigenvalue weighted by Crippen LogP contribution is -2.26. The van der Waals surface area contributed by atoms with Gasteiger partial charge in [-0.15, -0.1) is 0 Å². The zero-order valence-electron chi connectivity index (χ0n) is 16.8. The minimum Gasteiger partial charge on any atom is -0.330 e. The summed E-state index contributed by atoms with van der Waals surface area (Å²) in [6, 6.07) is 12.9. The van der Waals surface area contributed by atoms with E-state index in [4.69, 9.17) is 0 Å². The van der Waals surface area contributed by atoms with Crippen LogP contribution in [0.2, 0.25) is 0 Å². The van der Waals surface area contributed by atoms with Crippen molar-refractivity contribution in [2.75, 3.05) is 6.26 Å². The number of carbonyl (C=O) groups excluding carboxylic acids is 1. The molecule has 0 bridgehead atoms. The lowest BCUT2D eigenvalue weighted by Gasteiger charge is -2.19. The first kappa shape index (κ1) is 22.0. The Balaban J connectivity index is 1.76. The van der Waals surface area contributed by atoms with Crippen LogP contribution in [0.5, 0.6) is 0 Å². The average Bonchev–Trinajstić information content (AvgIpc) is 3.15. The van der Waals surface area contributed by atoms with E-state index in [0.717, 1.165) is 18.4 Å². The lowest BCUT2D eigenvalue weighted by molar-refractivity contribution is -0.137.